The number of benzene rings is 1. The summed E-state index contributed by atoms with van der Waals surface area (Å²) in [4.78, 5) is 0. The number of hydrogen-bond donors (Lipinski definition) is 1. The van der Waals surface area contributed by atoms with E-state index in [9.17, 15) is 8.42 Å². The molecule has 0 amide bonds. The molecule has 0 saturated heterocycles. The molecule has 1 aromatic rings. The fourth-order valence-electron chi connectivity index (χ4n) is 1.79. The van der Waals surface area contributed by atoms with Gasteiger partial charge in [-0.15, -0.1) is 0 Å². The molecular formula is C13H22N2O2S. The maximum atomic E-state index is 11.7. The zero-order valence-corrected chi connectivity index (χ0v) is 12.1. The van der Waals surface area contributed by atoms with Crippen LogP contribution in [-0.2, 0) is 16.4 Å². The Hall–Kier alpha value is -0.910. The Morgan fingerprint density at radius 1 is 1.28 bits per heavy atom. The quantitative estimate of drug-likeness (QED) is 0.841. The van der Waals surface area contributed by atoms with Crippen LogP contribution < -0.4 is 5.73 Å². The number of hydrogen-bond acceptors (Lipinski definition) is 3. The normalized spacial score (nSPS) is 12.1. The lowest BCUT2D eigenvalue weighted by atomic mass is 10.0. The minimum Gasteiger partial charge on any atom is -0.329 e. The molecule has 0 radical (unpaired) electrons. The van der Waals surface area contributed by atoms with E-state index in [1.165, 1.54) is 21.0 Å². The van der Waals surface area contributed by atoms with Crippen molar-refractivity contribution in [3.05, 3.63) is 34.9 Å². The summed E-state index contributed by atoms with van der Waals surface area (Å²) in [6.07, 6.45) is 0.730. The topological polar surface area (TPSA) is 63.4 Å². The average molecular weight is 270 g/mol. The van der Waals surface area contributed by atoms with E-state index in [4.69, 9.17) is 5.73 Å². The monoisotopic (exact) mass is 270 g/mol. The molecule has 0 bridgehead atoms. The zero-order valence-electron chi connectivity index (χ0n) is 11.3. The molecule has 1 rings (SSSR count). The fraction of sp³-hybridized carbons (Fsp3) is 0.538. The highest BCUT2D eigenvalue weighted by Crippen LogP contribution is 2.12. The molecule has 0 aliphatic carbocycles. The molecule has 0 saturated carbocycles. The Morgan fingerprint density at radius 2 is 1.94 bits per heavy atom. The first-order chi connectivity index (χ1) is 8.36. The second-order valence-corrected chi connectivity index (χ2v) is 6.80. The SMILES string of the molecule is Cc1ccc(C)c(CCN(C)S(=O)(=O)CCN)c1. The predicted molar refractivity (Wildman–Crippen MR) is 75.1 cm³/mol. The Morgan fingerprint density at radius 3 is 2.56 bits per heavy atom. The Balaban J connectivity index is 2.68. The first kappa shape index (κ1) is 15.1. The van der Waals surface area contributed by atoms with Gasteiger partial charge in [-0.2, -0.15) is 0 Å². The molecule has 0 heterocycles. The van der Waals surface area contributed by atoms with Gasteiger partial charge in [-0.25, -0.2) is 12.7 Å². The minimum absolute atomic E-state index is 0.0102. The van der Waals surface area contributed by atoms with Crippen molar-refractivity contribution in [1.29, 1.82) is 0 Å². The maximum Gasteiger partial charge on any atom is 0.215 e. The van der Waals surface area contributed by atoms with Crippen LogP contribution in [0.25, 0.3) is 0 Å². The van der Waals surface area contributed by atoms with Crippen LogP contribution in [0.5, 0.6) is 0 Å². The molecule has 0 atom stereocenters. The summed E-state index contributed by atoms with van der Waals surface area (Å²) in [5.41, 5.74) is 8.89. The minimum atomic E-state index is -3.20. The summed E-state index contributed by atoms with van der Waals surface area (Å²) < 4.78 is 24.9. The second kappa shape index (κ2) is 6.31. The van der Waals surface area contributed by atoms with E-state index < -0.39 is 10.0 Å². The largest absolute Gasteiger partial charge is 0.329 e. The van der Waals surface area contributed by atoms with Crippen LogP contribution in [0.1, 0.15) is 16.7 Å². The van der Waals surface area contributed by atoms with Gasteiger partial charge in [-0.1, -0.05) is 23.8 Å². The molecule has 102 valence electrons. The zero-order chi connectivity index (χ0) is 13.8. The first-order valence-corrected chi connectivity index (χ1v) is 7.68. The van der Waals surface area contributed by atoms with E-state index in [0.717, 1.165) is 6.42 Å². The standard InChI is InChI=1S/C13H22N2O2S/c1-11-4-5-12(2)13(10-11)6-8-15(3)18(16,17)9-7-14/h4-5,10H,6-9,14H2,1-3H3. The van der Waals surface area contributed by atoms with Crippen LogP contribution in [-0.4, -0.2) is 38.6 Å². The number of likely N-dealkylation sites (N-methyl/N-ethyl adjacent to an activating group) is 1. The number of rotatable bonds is 6. The van der Waals surface area contributed by atoms with Gasteiger partial charge < -0.3 is 5.73 Å². The molecule has 0 aromatic heterocycles. The van der Waals surface area contributed by atoms with E-state index in [2.05, 4.69) is 18.2 Å². The van der Waals surface area contributed by atoms with E-state index in [1.807, 2.05) is 13.8 Å². The Labute approximate surface area is 110 Å². The van der Waals surface area contributed by atoms with E-state index >= 15 is 0 Å². The van der Waals surface area contributed by atoms with Crippen molar-refractivity contribution in [1.82, 2.24) is 4.31 Å². The van der Waals surface area contributed by atoms with Gasteiger partial charge in [0.2, 0.25) is 10.0 Å². The third-order valence-corrected chi connectivity index (χ3v) is 4.94. The highest BCUT2D eigenvalue weighted by atomic mass is 32.2. The number of aryl methyl sites for hydroxylation is 2. The summed E-state index contributed by atoms with van der Waals surface area (Å²) >= 11 is 0. The predicted octanol–water partition coefficient (Wildman–Crippen LogP) is 1.07. The third-order valence-electron chi connectivity index (χ3n) is 3.05. The summed E-state index contributed by atoms with van der Waals surface area (Å²) in [5, 5.41) is 0. The van der Waals surface area contributed by atoms with E-state index in [-0.39, 0.29) is 12.3 Å². The highest BCUT2D eigenvalue weighted by Gasteiger charge is 2.16. The summed E-state index contributed by atoms with van der Waals surface area (Å²) in [7, 11) is -1.59. The molecule has 0 unspecified atom stereocenters. The van der Waals surface area contributed by atoms with Gasteiger partial charge in [-0.3, -0.25) is 0 Å². The number of nitrogens with zero attached hydrogens (tertiary/aromatic N) is 1. The van der Waals surface area contributed by atoms with Gasteiger partial charge in [0.25, 0.3) is 0 Å². The lowest BCUT2D eigenvalue weighted by molar-refractivity contribution is 0.472. The molecule has 0 fully saturated rings. The smallest absolute Gasteiger partial charge is 0.215 e. The highest BCUT2D eigenvalue weighted by molar-refractivity contribution is 7.89. The van der Waals surface area contributed by atoms with Crippen molar-refractivity contribution in [2.24, 2.45) is 5.73 Å². The lowest BCUT2D eigenvalue weighted by Gasteiger charge is -2.17. The van der Waals surface area contributed by atoms with Gasteiger partial charge in [0.05, 0.1) is 5.75 Å². The van der Waals surface area contributed by atoms with Crippen LogP contribution >= 0.6 is 0 Å². The van der Waals surface area contributed by atoms with E-state index in [0.29, 0.717) is 6.54 Å². The van der Waals surface area contributed by atoms with Crippen molar-refractivity contribution in [3.63, 3.8) is 0 Å². The van der Waals surface area contributed by atoms with Gasteiger partial charge in [0, 0.05) is 20.1 Å². The maximum absolute atomic E-state index is 11.7. The Bertz CT molecular complexity index is 498. The van der Waals surface area contributed by atoms with Gasteiger partial charge in [0.15, 0.2) is 0 Å². The molecular weight excluding hydrogens is 248 g/mol. The van der Waals surface area contributed by atoms with Gasteiger partial charge in [-0.05, 0) is 31.4 Å². The van der Waals surface area contributed by atoms with Crippen LogP contribution in [0, 0.1) is 13.8 Å². The molecule has 0 aliphatic heterocycles. The second-order valence-electron chi connectivity index (χ2n) is 4.61. The van der Waals surface area contributed by atoms with Gasteiger partial charge >= 0.3 is 0 Å². The average Bonchev–Trinajstić information content (AvgIpc) is 2.29. The van der Waals surface area contributed by atoms with Crippen molar-refractivity contribution in [2.45, 2.75) is 20.3 Å². The van der Waals surface area contributed by atoms with Crippen molar-refractivity contribution < 1.29 is 8.42 Å². The number of nitrogens with two attached hydrogens (primary N) is 1. The Kier molecular flexibility index (Phi) is 5.31. The lowest BCUT2D eigenvalue weighted by Crippen LogP contribution is -2.33. The number of sulfonamides is 1. The molecule has 0 aliphatic rings. The molecule has 0 spiro atoms. The van der Waals surface area contributed by atoms with Crippen molar-refractivity contribution >= 4 is 10.0 Å². The van der Waals surface area contributed by atoms with E-state index in [1.54, 1.807) is 7.05 Å². The molecule has 2 N–H and O–H groups in total. The van der Waals surface area contributed by atoms with Crippen LogP contribution in [0.4, 0.5) is 0 Å². The van der Waals surface area contributed by atoms with Crippen LogP contribution in [0.2, 0.25) is 0 Å². The third kappa shape index (κ3) is 4.08. The summed E-state index contributed by atoms with van der Waals surface area (Å²) in [6.45, 7) is 4.74. The molecule has 1 aromatic carbocycles. The van der Waals surface area contributed by atoms with Crippen LogP contribution in [0.3, 0.4) is 0 Å². The van der Waals surface area contributed by atoms with Gasteiger partial charge in [0.1, 0.15) is 0 Å². The summed E-state index contributed by atoms with van der Waals surface area (Å²) in [6, 6.07) is 6.24. The molecule has 4 nitrogen and oxygen atoms in total. The molecule has 18 heavy (non-hydrogen) atoms. The first-order valence-electron chi connectivity index (χ1n) is 6.07. The van der Waals surface area contributed by atoms with Crippen molar-refractivity contribution in [3.8, 4) is 0 Å². The fourth-order valence-corrected chi connectivity index (χ4v) is 2.77. The summed E-state index contributed by atoms with van der Waals surface area (Å²) in [5.74, 6) is 0.0102. The van der Waals surface area contributed by atoms with Crippen molar-refractivity contribution in [2.75, 3.05) is 25.9 Å². The van der Waals surface area contributed by atoms with Crippen LogP contribution in [0.15, 0.2) is 18.2 Å². The molecule has 5 heteroatoms.